The molecule has 0 aliphatic rings. The van der Waals surface area contributed by atoms with Gasteiger partial charge in [0.15, 0.2) is 11.6 Å². The van der Waals surface area contributed by atoms with Gasteiger partial charge in [0.25, 0.3) is 0 Å². The van der Waals surface area contributed by atoms with Gasteiger partial charge in [-0.15, -0.1) is 0 Å². The van der Waals surface area contributed by atoms with Crippen LogP contribution in [0.15, 0.2) is 24.3 Å². The van der Waals surface area contributed by atoms with E-state index in [1.165, 1.54) is 24.1 Å². The first kappa shape index (κ1) is 18.3. The van der Waals surface area contributed by atoms with E-state index in [-0.39, 0.29) is 21.8 Å². The van der Waals surface area contributed by atoms with Crippen LogP contribution in [0, 0.1) is 24.4 Å². The van der Waals surface area contributed by atoms with Crippen LogP contribution in [-0.2, 0) is 0 Å². The SMILES string of the molecule is Cc1ccc(Nc2c(F)c(F)cc(O)c2NSC(C)(C)C)c(F)c1. The van der Waals surface area contributed by atoms with Crippen LogP contribution in [0.1, 0.15) is 26.3 Å². The smallest absolute Gasteiger partial charge is 0.184 e. The Kier molecular flexibility index (Phi) is 5.22. The first-order valence-corrected chi connectivity index (χ1v) is 8.08. The number of hydrogen-bond acceptors (Lipinski definition) is 4. The monoisotopic (exact) mass is 356 g/mol. The molecule has 0 heterocycles. The van der Waals surface area contributed by atoms with Crippen LogP contribution in [0.3, 0.4) is 0 Å². The minimum Gasteiger partial charge on any atom is -0.506 e. The lowest BCUT2D eigenvalue weighted by molar-refractivity contribution is 0.459. The molecule has 0 aliphatic carbocycles. The quantitative estimate of drug-likeness (QED) is 0.484. The topological polar surface area (TPSA) is 44.3 Å². The first-order chi connectivity index (χ1) is 11.1. The highest BCUT2D eigenvalue weighted by Crippen LogP contribution is 2.41. The number of rotatable bonds is 4. The minimum absolute atomic E-state index is 0.0201. The number of aromatic hydroxyl groups is 1. The van der Waals surface area contributed by atoms with Gasteiger partial charge in [-0.1, -0.05) is 6.07 Å². The Morgan fingerprint density at radius 3 is 2.25 bits per heavy atom. The van der Waals surface area contributed by atoms with Crippen LogP contribution in [0.5, 0.6) is 5.75 Å². The summed E-state index contributed by atoms with van der Waals surface area (Å²) in [5.41, 5.74) is 0.274. The molecule has 0 radical (unpaired) electrons. The number of phenols is 1. The van der Waals surface area contributed by atoms with Crippen molar-refractivity contribution < 1.29 is 18.3 Å². The number of nitrogens with one attached hydrogen (secondary N) is 2. The average Bonchev–Trinajstić information content (AvgIpc) is 2.45. The van der Waals surface area contributed by atoms with Crippen LogP contribution in [0.2, 0.25) is 0 Å². The molecule has 3 N–H and O–H groups in total. The Morgan fingerprint density at radius 1 is 1.00 bits per heavy atom. The number of benzene rings is 2. The summed E-state index contributed by atoms with van der Waals surface area (Å²) in [6.45, 7) is 7.45. The van der Waals surface area contributed by atoms with Crippen LogP contribution < -0.4 is 10.0 Å². The summed E-state index contributed by atoms with van der Waals surface area (Å²) in [6, 6.07) is 5.01. The van der Waals surface area contributed by atoms with Crippen molar-refractivity contribution in [2.45, 2.75) is 32.4 Å². The molecule has 7 heteroatoms. The van der Waals surface area contributed by atoms with Gasteiger partial charge in [-0.2, -0.15) is 0 Å². The highest BCUT2D eigenvalue weighted by molar-refractivity contribution is 8.01. The molecule has 0 saturated heterocycles. The zero-order chi connectivity index (χ0) is 18.1. The predicted molar refractivity (Wildman–Crippen MR) is 93.4 cm³/mol. The van der Waals surface area contributed by atoms with Crippen molar-refractivity contribution in [2.75, 3.05) is 10.0 Å². The molecule has 0 bridgehead atoms. The second-order valence-electron chi connectivity index (χ2n) is 6.37. The molecular weight excluding hydrogens is 337 g/mol. The zero-order valence-electron chi connectivity index (χ0n) is 13.8. The van der Waals surface area contributed by atoms with Gasteiger partial charge in [0.2, 0.25) is 0 Å². The Morgan fingerprint density at radius 2 is 1.67 bits per heavy atom. The van der Waals surface area contributed by atoms with Crippen molar-refractivity contribution >= 4 is 29.0 Å². The third-order valence-corrected chi connectivity index (χ3v) is 3.96. The van der Waals surface area contributed by atoms with Crippen molar-refractivity contribution in [2.24, 2.45) is 0 Å². The average molecular weight is 356 g/mol. The molecule has 0 fully saturated rings. The molecule has 24 heavy (non-hydrogen) atoms. The van der Waals surface area contributed by atoms with Gasteiger partial charge in [-0.3, -0.25) is 0 Å². The van der Waals surface area contributed by atoms with E-state index in [4.69, 9.17) is 0 Å². The fourth-order valence-corrected chi connectivity index (χ4v) is 2.51. The summed E-state index contributed by atoms with van der Waals surface area (Å²) in [5.74, 6) is -3.51. The van der Waals surface area contributed by atoms with Crippen LogP contribution in [0.4, 0.5) is 30.2 Å². The highest BCUT2D eigenvalue weighted by Gasteiger charge is 2.21. The van der Waals surface area contributed by atoms with E-state index < -0.39 is 23.2 Å². The largest absolute Gasteiger partial charge is 0.506 e. The minimum atomic E-state index is -1.23. The molecule has 0 spiro atoms. The summed E-state index contributed by atoms with van der Waals surface area (Å²) in [6.07, 6.45) is 0. The lowest BCUT2D eigenvalue weighted by Gasteiger charge is -2.21. The summed E-state index contributed by atoms with van der Waals surface area (Å²) in [4.78, 5) is 0. The van der Waals surface area contributed by atoms with Crippen molar-refractivity contribution in [3.05, 3.63) is 47.3 Å². The number of anilines is 3. The molecule has 2 aromatic carbocycles. The lowest BCUT2D eigenvalue weighted by atomic mass is 10.2. The second-order valence-corrected chi connectivity index (χ2v) is 8.00. The van der Waals surface area contributed by atoms with Crippen molar-refractivity contribution in [3.8, 4) is 5.75 Å². The molecule has 0 amide bonds. The van der Waals surface area contributed by atoms with Gasteiger partial charge in [-0.05, 0) is 57.3 Å². The van der Waals surface area contributed by atoms with Crippen LogP contribution in [-0.4, -0.2) is 9.85 Å². The lowest BCUT2D eigenvalue weighted by Crippen LogP contribution is -2.12. The van der Waals surface area contributed by atoms with Crippen LogP contribution in [0.25, 0.3) is 0 Å². The van der Waals surface area contributed by atoms with Crippen molar-refractivity contribution in [1.82, 2.24) is 0 Å². The maximum atomic E-state index is 14.2. The predicted octanol–water partition coefficient (Wildman–Crippen LogP) is 5.72. The Labute approximate surface area is 143 Å². The van der Waals surface area contributed by atoms with E-state index in [2.05, 4.69) is 10.0 Å². The fraction of sp³-hybridized carbons (Fsp3) is 0.294. The Balaban J connectivity index is 2.46. The van der Waals surface area contributed by atoms with E-state index in [9.17, 15) is 18.3 Å². The Bertz CT molecular complexity index is 760. The summed E-state index contributed by atoms with van der Waals surface area (Å²) >= 11 is 1.21. The normalized spacial score (nSPS) is 11.5. The van der Waals surface area contributed by atoms with Gasteiger partial charge in [0.1, 0.15) is 22.9 Å². The van der Waals surface area contributed by atoms with Gasteiger partial charge in [0, 0.05) is 10.8 Å². The zero-order valence-corrected chi connectivity index (χ0v) is 14.6. The van der Waals surface area contributed by atoms with Crippen molar-refractivity contribution in [1.29, 1.82) is 0 Å². The first-order valence-electron chi connectivity index (χ1n) is 7.26. The fourth-order valence-electron chi connectivity index (χ4n) is 1.89. The molecule has 2 rings (SSSR count). The van der Waals surface area contributed by atoms with E-state index in [1.807, 2.05) is 20.8 Å². The molecule has 0 aromatic heterocycles. The van der Waals surface area contributed by atoms with E-state index in [0.717, 1.165) is 0 Å². The second kappa shape index (κ2) is 6.84. The molecular formula is C17H19F3N2OS. The summed E-state index contributed by atoms with van der Waals surface area (Å²) < 4.78 is 44.5. The van der Waals surface area contributed by atoms with Gasteiger partial charge in [-0.25, -0.2) is 13.2 Å². The van der Waals surface area contributed by atoms with Gasteiger partial charge >= 0.3 is 0 Å². The maximum absolute atomic E-state index is 14.2. The van der Waals surface area contributed by atoms with Gasteiger partial charge in [0.05, 0.1) is 5.69 Å². The number of hydrogen-bond donors (Lipinski definition) is 3. The highest BCUT2D eigenvalue weighted by atomic mass is 32.2. The van der Waals surface area contributed by atoms with E-state index in [0.29, 0.717) is 11.6 Å². The molecule has 0 atom stereocenters. The molecule has 3 nitrogen and oxygen atoms in total. The molecule has 2 aromatic rings. The van der Waals surface area contributed by atoms with Crippen LogP contribution >= 0.6 is 11.9 Å². The molecule has 0 unspecified atom stereocenters. The molecule has 130 valence electrons. The standard InChI is InChI=1S/C17H19F3N2OS/c1-9-5-6-12(10(18)7-9)21-16-14(20)11(19)8-13(23)15(16)22-24-17(2,3)4/h5-8,21-23H,1-4H3. The van der Waals surface area contributed by atoms with E-state index in [1.54, 1.807) is 13.0 Å². The molecule has 0 saturated carbocycles. The summed E-state index contributed by atoms with van der Waals surface area (Å²) in [5, 5.41) is 12.5. The number of halogens is 3. The third-order valence-electron chi connectivity index (χ3n) is 3.04. The number of phenolic OH excluding ortho intramolecular Hbond substituents is 1. The van der Waals surface area contributed by atoms with E-state index >= 15 is 0 Å². The molecule has 0 aliphatic heterocycles. The van der Waals surface area contributed by atoms with Crippen molar-refractivity contribution in [3.63, 3.8) is 0 Å². The third kappa shape index (κ3) is 4.29. The Hall–Kier alpha value is -2.02. The summed E-state index contributed by atoms with van der Waals surface area (Å²) in [7, 11) is 0. The number of aryl methyl sites for hydroxylation is 1. The van der Waals surface area contributed by atoms with Gasteiger partial charge < -0.3 is 15.1 Å². The maximum Gasteiger partial charge on any atom is 0.184 e.